The Morgan fingerprint density at radius 3 is 1.31 bits per heavy atom. The van der Waals surface area contributed by atoms with Crippen LogP contribution in [-0.2, 0) is 0 Å². The van der Waals surface area contributed by atoms with Crippen molar-refractivity contribution in [2.75, 3.05) is 36.0 Å². The molecule has 0 amide bonds. The largest absolute Gasteiger partial charge is 0.505 e. The van der Waals surface area contributed by atoms with Gasteiger partial charge in [-0.2, -0.15) is 0 Å². The van der Waals surface area contributed by atoms with Gasteiger partial charge in [-0.25, -0.2) is 0 Å². The van der Waals surface area contributed by atoms with Gasteiger partial charge in [0.1, 0.15) is 11.5 Å². The van der Waals surface area contributed by atoms with Crippen LogP contribution in [0.15, 0.2) is 0 Å². The van der Waals surface area contributed by atoms with E-state index in [2.05, 4.69) is 9.80 Å². The third-order valence-electron chi connectivity index (χ3n) is 3.40. The summed E-state index contributed by atoms with van der Waals surface area (Å²) in [5.74, 6) is 0.657. The summed E-state index contributed by atoms with van der Waals surface area (Å²) in [7, 11) is 0. The van der Waals surface area contributed by atoms with Gasteiger partial charge in [-0.05, 0) is 13.8 Å². The number of phenols is 2. The maximum atomic E-state index is 10.2. The monoisotopic (exact) mass is 220 g/mol. The standard InChI is InChI=1S/C12H16N2O2/c1-7-9(13-3-4-13)12(16)8(2)10(11(7)15)14-5-6-14/h15-16H,3-6H2,1-2H3. The average molecular weight is 220 g/mol. The Morgan fingerprint density at radius 2 is 1.06 bits per heavy atom. The van der Waals surface area contributed by atoms with E-state index >= 15 is 0 Å². The van der Waals surface area contributed by atoms with Gasteiger partial charge in [0.15, 0.2) is 0 Å². The maximum Gasteiger partial charge on any atom is 0.144 e. The quantitative estimate of drug-likeness (QED) is 0.583. The third kappa shape index (κ3) is 1.22. The summed E-state index contributed by atoms with van der Waals surface area (Å²) < 4.78 is 0. The van der Waals surface area contributed by atoms with E-state index in [-0.39, 0.29) is 0 Å². The molecule has 2 saturated heterocycles. The topological polar surface area (TPSA) is 46.5 Å². The first-order valence-electron chi connectivity index (χ1n) is 5.66. The first-order chi connectivity index (χ1) is 7.61. The summed E-state index contributed by atoms with van der Waals surface area (Å²) in [4.78, 5) is 4.15. The summed E-state index contributed by atoms with van der Waals surface area (Å²) in [6.45, 7) is 7.61. The van der Waals surface area contributed by atoms with Gasteiger partial charge in [0.2, 0.25) is 0 Å². The van der Waals surface area contributed by atoms with Crippen molar-refractivity contribution >= 4 is 11.4 Å². The number of benzene rings is 1. The fourth-order valence-corrected chi connectivity index (χ4v) is 2.26. The molecule has 0 spiro atoms. The highest BCUT2D eigenvalue weighted by Gasteiger charge is 2.32. The predicted molar refractivity (Wildman–Crippen MR) is 63.7 cm³/mol. The van der Waals surface area contributed by atoms with Crippen LogP contribution >= 0.6 is 0 Å². The molecular formula is C12H16N2O2. The van der Waals surface area contributed by atoms with Crippen LogP contribution in [0.1, 0.15) is 11.1 Å². The molecule has 4 nitrogen and oxygen atoms in total. The fourth-order valence-electron chi connectivity index (χ4n) is 2.26. The Kier molecular flexibility index (Phi) is 1.79. The van der Waals surface area contributed by atoms with E-state index < -0.39 is 0 Å². The first-order valence-corrected chi connectivity index (χ1v) is 5.66. The fraction of sp³-hybridized carbons (Fsp3) is 0.500. The number of nitrogens with zero attached hydrogens (tertiary/aromatic N) is 2. The van der Waals surface area contributed by atoms with Gasteiger partial charge >= 0.3 is 0 Å². The zero-order valence-electron chi connectivity index (χ0n) is 9.62. The molecular weight excluding hydrogens is 204 g/mol. The van der Waals surface area contributed by atoms with Gasteiger partial charge < -0.3 is 20.0 Å². The van der Waals surface area contributed by atoms with E-state index in [1.165, 1.54) is 0 Å². The zero-order chi connectivity index (χ0) is 11.4. The van der Waals surface area contributed by atoms with Crippen molar-refractivity contribution in [1.29, 1.82) is 0 Å². The number of aromatic hydroxyl groups is 2. The minimum atomic E-state index is 0.328. The second-order valence-electron chi connectivity index (χ2n) is 4.62. The Hall–Kier alpha value is -1.58. The van der Waals surface area contributed by atoms with Crippen LogP contribution in [0.5, 0.6) is 11.5 Å². The number of hydrogen-bond acceptors (Lipinski definition) is 4. The molecule has 4 heteroatoms. The van der Waals surface area contributed by atoms with Gasteiger partial charge in [-0.3, -0.25) is 0 Å². The highest BCUT2D eigenvalue weighted by molar-refractivity contribution is 5.82. The predicted octanol–water partition coefficient (Wildman–Crippen LogP) is 1.35. The van der Waals surface area contributed by atoms with Crippen molar-refractivity contribution in [2.24, 2.45) is 0 Å². The van der Waals surface area contributed by atoms with Crippen LogP contribution in [-0.4, -0.2) is 36.4 Å². The first kappa shape index (κ1) is 9.63. The summed E-state index contributed by atoms with van der Waals surface area (Å²) in [5, 5.41) is 20.4. The molecule has 2 aliphatic rings. The van der Waals surface area contributed by atoms with Crippen molar-refractivity contribution in [3.05, 3.63) is 11.1 Å². The molecule has 16 heavy (non-hydrogen) atoms. The summed E-state index contributed by atoms with van der Waals surface area (Å²) in [5.41, 5.74) is 3.20. The van der Waals surface area contributed by atoms with Crippen LogP contribution in [0.3, 0.4) is 0 Å². The summed E-state index contributed by atoms with van der Waals surface area (Å²) >= 11 is 0. The van der Waals surface area contributed by atoms with Crippen molar-refractivity contribution < 1.29 is 10.2 Å². The van der Waals surface area contributed by atoms with E-state index in [0.717, 1.165) is 48.7 Å². The molecule has 2 aliphatic heterocycles. The van der Waals surface area contributed by atoms with Gasteiger partial charge in [-0.15, -0.1) is 0 Å². The minimum absolute atomic E-state index is 0.328. The van der Waals surface area contributed by atoms with Crippen LogP contribution in [0.2, 0.25) is 0 Å². The molecule has 0 saturated carbocycles. The maximum absolute atomic E-state index is 10.2. The SMILES string of the molecule is Cc1c(O)c(N2CC2)c(C)c(O)c1N1CC1. The molecule has 0 unspecified atom stereocenters. The highest BCUT2D eigenvalue weighted by atomic mass is 16.3. The number of phenolic OH excluding ortho intramolecular Hbond substituents is 2. The lowest BCUT2D eigenvalue weighted by atomic mass is 10.0. The van der Waals surface area contributed by atoms with Crippen molar-refractivity contribution in [2.45, 2.75) is 13.8 Å². The van der Waals surface area contributed by atoms with Crippen molar-refractivity contribution in [3.63, 3.8) is 0 Å². The number of hydrogen-bond donors (Lipinski definition) is 2. The van der Waals surface area contributed by atoms with Crippen LogP contribution in [0.4, 0.5) is 11.4 Å². The van der Waals surface area contributed by atoms with Gasteiger partial charge in [0.25, 0.3) is 0 Å². The Labute approximate surface area is 94.7 Å². The van der Waals surface area contributed by atoms with Crippen molar-refractivity contribution in [1.82, 2.24) is 0 Å². The molecule has 86 valence electrons. The molecule has 0 bridgehead atoms. The van der Waals surface area contributed by atoms with Crippen LogP contribution in [0.25, 0.3) is 0 Å². The molecule has 3 rings (SSSR count). The van der Waals surface area contributed by atoms with Crippen molar-refractivity contribution in [3.8, 4) is 11.5 Å². The van der Waals surface area contributed by atoms with Crippen LogP contribution in [0, 0.1) is 13.8 Å². The molecule has 1 aromatic carbocycles. The summed E-state index contributed by atoms with van der Waals surface area (Å²) in [6, 6.07) is 0. The molecule has 0 aromatic heterocycles. The molecule has 2 N–H and O–H groups in total. The molecule has 2 heterocycles. The van der Waals surface area contributed by atoms with Gasteiger partial charge in [0, 0.05) is 37.3 Å². The molecule has 2 fully saturated rings. The van der Waals surface area contributed by atoms with E-state index in [1.807, 2.05) is 13.8 Å². The van der Waals surface area contributed by atoms with E-state index in [9.17, 15) is 10.2 Å². The normalized spacial score (nSPS) is 17.9. The Bertz CT molecular complexity index is 391. The van der Waals surface area contributed by atoms with Crippen LogP contribution < -0.4 is 9.80 Å². The minimum Gasteiger partial charge on any atom is -0.505 e. The van der Waals surface area contributed by atoms with Gasteiger partial charge in [-0.1, -0.05) is 0 Å². The molecule has 0 aliphatic carbocycles. The summed E-state index contributed by atoms with van der Waals surface area (Å²) in [6.07, 6.45) is 0. The Morgan fingerprint density at radius 1 is 0.750 bits per heavy atom. The lowest BCUT2D eigenvalue weighted by Crippen LogP contribution is -2.02. The average Bonchev–Trinajstić information content (AvgIpc) is 3.07. The zero-order valence-corrected chi connectivity index (χ0v) is 9.62. The molecule has 1 aromatic rings. The lowest BCUT2D eigenvalue weighted by molar-refractivity contribution is 0.456. The molecule has 0 atom stereocenters. The number of anilines is 2. The number of rotatable bonds is 2. The van der Waals surface area contributed by atoms with E-state index in [4.69, 9.17) is 0 Å². The van der Waals surface area contributed by atoms with E-state index in [0.29, 0.717) is 11.5 Å². The Balaban J connectivity index is 2.22. The second kappa shape index (κ2) is 2.97. The van der Waals surface area contributed by atoms with Gasteiger partial charge in [0.05, 0.1) is 11.4 Å². The third-order valence-corrected chi connectivity index (χ3v) is 3.40. The lowest BCUT2D eigenvalue weighted by Gasteiger charge is -2.19. The smallest absolute Gasteiger partial charge is 0.144 e. The second-order valence-corrected chi connectivity index (χ2v) is 4.62. The highest BCUT2D eigenvalue weighted by Crippen LogP contribution is 2.49. The van der Waals surface area contributed by atoms with E-state index in [1.54, 1.807) is 0 Å². The molecule has 0 radical (unpaired) electrons.